The third kappa shape index (κ3) is 3.66. The van der Waals surface area contributed by atoms with E-state index in [9.17, 15) is 18.4 Å². The normalized spacial score (nSPS) is 14.7. The first-order valence-corrected chi connectivity index (χ1v) is 8.16. The molecule has 2 amide bonds. The maximum Gasteiger partial charge on any atom is 0.254 e. The summed E-state index contributed by atoms with van der Waals surface area (Å²) in [4.78, 5) is 25.3. The Balaban J connectivity index is 1.74. The van der Waals surface area contributed by atoms with E-state index in [4.69, 9.17) is 10.5 Å². The Morgan fingerprint density at radius 2 is 1.92 bits per heavy atom. The van der Waals surface area contributed by atoms with Crippen LogP contribution in [0.3, 0.4) is 0 Å². The van der Waals surface area contributed by atoms with Gasteiger partial charge in [0.15, 0.2) is 0 Å². The molecule has 136 valence electrons. The van der Waals surface area contributed by atoms with E-state index < -0.39 is 23.6 Å². The van der Waals surface area contributed by atoms with Crippen molar-refractivity contribution in [3.8, 4) is 5.75 Å². The van der Waals surface area contributed by atoms with E-state index in [2.05, 4.69) is 0 Å². The number of hydrogen-bond acceptors (Lipinski definition) is 3. The van der Waals surface area contributed by atoms with E-state index in [1.54, 1.807) is 25.1 Å². The number of primary amides is 1. The predicted octanol–water partition coefficient (Wildman–Crippen LogP) is 2.42. The fourth-order valence-electron chi connectivity index (χ4n) is 2.96. The number of rotatable bonds is 5. The lowest BCUT2D eigenvalue weighted by molar-refractivity contribution is -0.122. The fraction of sp³-hybridized carbons (Fsp3) is 0.263. The van der Waals surface area contributed by atoms with Crippen LogP contribution in [0.15, 0.2) is 36.4 Å². The van der Waals surface area contributed by atoms with Crippen molar-refractivity contribution in [1.29, 1.82) is 0 Å². The second-order valence-electron chi connectivity index (χ2n) is 6.21. The van der Waals surface area contributed by atoms with Gasteiger partial charge in [-0.15, -0.1) is 0 Å². The number of nitrogens with two attached hydrogens (primary N) is 1. The first kappa shape index (κ1) is 17.8. The zero-order chi connectivity index (χ0) is 18.8. The van der Waals surface area contributed by atoms with Gasteiger partial charge in [0, 0.05) is 18.2 Å². The van der Waals surface area contributed by atoms with Crippen LogP contribution in [0.4, 0.5) is 8.78 Å². The van der Waals surface area contributed by atoms with Gasteiger partial charge in [0.1, 0.15) is 30.0 Å². The Kier molecular flexibility index (Phi) is 4.88. The number of halogens is 2. The van der Waals surface area contributed by atoms with Crippen LogP contribution < -0.4 is 10.5 Å². The molecule has 26 heavy (non-hydrogen) atoms. The molecule has 0 aliphatic carbocycles. The molecule has 5 nitrogen and oxygen atoms in total. The van der Waals surface area contributed by atoms with Gasteiger partial charge in [0.05, 0.1) is 0 Å². The molecule has 0 aromatic heterocycles. The number of benzene rings is 2. The van der Waals surface area contributed by atoms with Gasteiger partial charge in [0.2, 0.25) is 5.91 Å². The van der Waals surface area contributed by atoms with Crippen molar-refractivity contribution in [2.24, 2.45) is 5.73 Å². The summed E-state index contributed by atoms with van der Waals surface area (Å²) in [7, 11) is 0. The molecule has 0 saturated carbocycles. The molecular weight excluding hydrogens is 342 g/mol. The highest BCUT2D eigenvalue weighted by molar-refractivity contribution is 5.99. The molecule has 0 fully saturated rings. The molecule has 3 rings (SSSR count). The Morgan fingerprint density at radius 1 is 1.23 bits per heavy atom. The van der Waals surface area contributed by atoms with Crippen LogP contribution in [-0.4, -0.2) is 29.3 Å². The summed E-state index contributed by atoms with van der Waals surface area (Å²) in [6.07, 6.45) is 0.560. The van der Waals surface area contributed by atoms with Gasteiger partial charge in [-0.25, -0.2) is 8.78 Å². The highest BCUT2D eigenvalue weighted by atomic mass is 19.1. The second-order valence-corrected chi connectivity index (χ2v) is 6.21. The lowest BCUT2D eigenvalue weighted by Gasteiger charge is -2.32. The number of fused-ring (bicyclic) bond motifs is 1. The maximum absolute atomic E-state index is 13.2. The summed E-state index contributed by atoms with van der Waals surface area (Å²) in [5, 5.41) is 0. The number of carbonyl (C=O) groups excluding carboxylic acids is 2. The number of hydrogen-bond donors (Lipinski definition) is 1. The predicted molar refractivity (Wildman–Crippen MR) is 90.5 cm³/mol. The van der Waals surface area contributed by atoms with Crippen molar-refractivity contribution in [2.45, 2.75) is 26.0 Å². The largest absolute Gasteiger partial charge is 0.489 e. The van der Waals surface area contributed by atoms with Gasteiger partial charge >= 0.3 is 0 Å². The molecule has 0 radical (unpaired) electrons. The van der Waals surface area contributed by atoms with Gasteiger partial charge in [-0.3, -0.25) is 9.59 Å². The first-order valence-electron chi connectivity index (χ1n) is 8.16. The van der Waals surface area contributed by atoms with E-state index in [1.165, 1.54) is 17.0 Å². The zero-order valence-electron chi connectivity index (χ0n) is 14.2. The second kappa shape index (κ2) is 7.11. The number of carbonyl (C=O) groups is 2. The van der Waals surface area contributed by atoms with Gasteiger partial charge in [0.25, 0.3) is 5.91 Å². The molecule has 0 bridgehead atoms. The quantitative estimate of drug-likeness (QED) is 0.890. The van der Waals surface area contributed by atoms with Gasteiger partial charge in [-0.05, 0) is 54.8 Å². The van der Waals surface area contributed by atoms with E-state index in [0.717, 1.165) is 11.6 Å². The van der Waals surface area contributed by atoms with Crippen molar-refractivity contribution in [3.63, 3.8) is 0 Å². The summed E-state index contributed by atoms with van der Waals surface area (Å²) >= 11 is 0. The minimum absolute atomic E-state index is 0.00620. The molecule has 2 aromatic carbocycles. The van der Waals surface area contributed by atoms with Crippen LogP contribution in [0.25, 0.3) is 0 Å². The molecule has 0 spiro atoms. The van der Waals surface area contributed by atoms with Crippen LogP contribution >= 0.6 is 0 Å². The maximum atomic E-state index is 13.2. The number of nitrogens with zero attached hydrogens (tertiary/aromatic N) is 1. The third-order valence-electron chi connectivity index (χ3n) is 4.40. The van der Waals surface area contributed by atoms with Crippen LogP contribution in [-0.2, 0) is 17.8 Å². The number of ether oxygens (including phenoxy) is 1. The monoisotopic (exact) mass is 360 g/mol. The van der Waals surface area contributed by atoms with E-state index >= 15 is 0 Å². The van der Waals surface area contributed by atoms with E-state index in [-0.39, 0.29) is 12.5 Å². The van der Waals surface area contributed by atoms with Crippen molar-refractivity contribution < 1.29 is 23.1 Å². The average Bonchev–Trinajstić information content (AvgIpc) is 2.59. The Labute approximate surface area is 149 Å². The topological polar surface area (TPSA) is 72.6 Å². The molecule has 7 heteroatoms. The summed E-state index contributed by atoms with van der Waals surface area (Å²) in [5.41, 5.74) is 6.95. The summed E-state index contributed by atoms with van der Waals surface area (Å²) < 4.78 is 32.0. The van der Waals surface area contributed by atoms with Gasteiger partial charge < -0.3 is 15.4 Å². The average molecular weight is 360 g/mol. The molecule has 0 unspecified atom stereocenters. The van der Waals surface area contributed by atoms with Gasteiger partial charge in [-0.1, -0.05) is 0 Å². The molecule has 2 N–H and O–H groups in total. The van der Waals surface area contributed by atoms with Crippen molar-refractivity contribution in [3.05, 3.63) is 64.7 Å². The van der Waals surface area contributed by atoms with Crippen molar-refractivity contribution in [2.75, 3.05) is 6.54 Å². The fourth-order valence-corrected chi connectivity index (χ4v) is 2.96. The van der Waals surface area contributed by atoms with Crippen LogP contribution in [0.1, 0.15) is 28.4 Å². The molecule has 1 aliphatic rings. The Morgan fingerprint density at radius 3 is 2.58 bits per heavy atom. The van der Waals surface area contributed by atoms with Crippen LogP contribution in [0.2, 0.25) is 0 Å². The zero-order valence-corrected chi connectivity index (χ0v) is 14.2. The Hall–Kier alpha value is -2.96. The molecule has 2 aromatic rings. The molecule has 1 atom stereocenters. The molecular formula is C19H18F2N2O3. The lowest BCUT2D eigenvalue weighted by Crippen LogP contribution is -2.49. The van der Waals surface area contributed by atoms with Crippen molar-refractivity contribution >= 4 is 11.8 Å². The summed E-state index contributed by atoms with van der Waals surface area (Å²) in [6, 6.07) is 7.50. The van der Waals surface area contributed by atoms with Crippen LogP contribution in [0, 0.1) is 11.6 Å². The smallest absolute Gasteiger partial charge is 0.254 e. The van der Waals surface area contributed by atoms with E-state index in [0.29, 0.717) is 29.8 Å². The van der Waals surface area contributed by atoms with Crippen molar-refractivity contribution in [1.82, 2.24) is 4.90 Å². The van der Waals surface area contributed by atoms with Gasteiger partial charge in [-0.2, -0.15) is 0 Å². The third-order valence-corrected chi connectivity index (χ3v) is 4.40. The first-order chi connectivity index (χ1) is 12.3. The van der Waals surface area contributed by atoms with Crippen LogP contribution in [0.5, 0.6) is 5.75 Å². The summed E-state index contributed by atoms with van der Waals surface area (Å²) in [6.45, 7) is 1.99. The number of amides is 2. The minimum atomic E-state index is -0.672. The standard InChI is InChI=1S/C19H18F2N2O3/c1-11(18(22)24)23-5-4-13-8-16(2-3-17(13)19(23)25)26-10-12-6-14(20)9-15(21)7-12/h2-3,6-9,11H,4-5,10H2,1H3,(H2,22,24)/t11-/m1/s1. The molecule has 0 saturated heterocycles. The summed E-state index contributed by atoms with van der Waals surface area (Å²) in [5.74, 6) is -1.63. The SMILES string of the molecule is C[C@H](C(N)=O)N1CCc2cc(OCc3cc(F)cc(F)c3)ccc2C1=O. The van der Waals surface area contributed by atoms with E-state index in [1.807, 2.05) is 0 Å². The molecule has 1 aliphatic heterocycles. The highest BCUT2D eigenvalue weighted by Crippen LogP contribution is 2.25. The minimum Gasteiger partial charge on any atom is -0.489 e. The highest BCUT2D eigenvalue weighted by Gasteiger charge is 2.30. The Bertz CT molecular complexity index is 850. The molecule has 1 heterocycles. The lowest BCUT2D eigenvalue weighted by atomic mass is 9.97.